The molecule has 102 valence electrons. The van der Waals surface area contributed by atoms with Crippen LogP contribution in [-0.2, 0) is 0 Å². The van der Waals surface area contributed by atoms with Crippen molar-refractivity contribution in [2.45, 2.75) is 0 Å². The summed E-state index contributed by atoms with van der Waals surface area (Å²) in [5, 5.41) is 12.9. The molecule has 0 aliphatic rings. The molecule has 1 aromatic heterocycles. The second-order valence-electron chi connectivity index (χ2n) is 3.84. The van der Waals surface area contributed by atoms with E-state index in [4.69, 9.17) is 5.73 Å². The Bertz CT molecular complexity index is 690. The molecular weight excluding hydrogens is 267 g/mol. The summed E-state index contributed by atoms with van der Waals surface area (Å²) in [7, 11) is 0. The maximum Gasteiger partial charge on any atom is 0.304 e. The lowest BCUT2D eigenvalue weighted by molar-refractivity contribution is -0.387. The summed E-state index contributed by atoms with van der Waals surface area (Å²) in [6.07, 6.45) is 2.70. The van der Waals surface area contributed by atoms with Crippen LogP contribution in [0.15, 0.2) is 36.7 Å². The number of benzene rings is 1. The summed E-state index contributed by atoms with van der Waals surface area (Å²) in [5.41, 5.74) is 5.38. The Hall–Kier alpha value is -3.03. The third-order valence-electron chi connectivity index (χ3n) is 2.50. The van der Waals surface area contributed by atoms with Gasteiger partial charge in [0.1, 0.15) is 0 Å². The third-order valence-corrected chi connectivity index (χ3v) is 2.50. The number of amides is 1. The third kappa shape index (κ3) is 2.69. The predicted molar refractivity (Wildman–Crippen MR) is 69.7 cm³/mol. The minimum absolute atomic E-state index is 0.0846. The van der Waals surface area contributed by atoms with Gasteiger partial charge in [-0.3, -0.25) is 19.9 Å². The van der Waals surface area contributed by atoms with E-state index in [1.165, 1.54) is 24.5 Å². The molecule has 0 unspecified atom stereocenters. The van der Waals surface area contributed by atoms with E-state index in [0.29, 0.717) is 0 Å². The van der Waals surface area contributed by atoms with Crippen molar-refractivity contribution in [2.24, 2.45) is 0 Å². The number of nitrogens with two attached hydrogens (primary N) is 1. The zero-order chi connectivity index (χ0) is 14.7. The second-order valence-corrected chi connectivity index (χ2v) is 3.84. The van der Waals surface area contributed by atoms with Crippen LogP contribution in [0.2, 0.25) is 0 Å². The molecule has 7 nitrogen and oxygen atoms in total. The van der Waals surface area contributed by atoms with Crippen LogP contribution in [-0.4, -0.2) is 15.8 Å². The Morgan fingerprint density at radius 3 is 2.75 bits per heavy atom. The Morgan fingerprint density at radius 2 is 2.15 bits per heavy atom. The molecule has 2 rings (SSSR count). The standard InChI is InChI=1S/C12H9FN4O3/c13-9-5-7(1-2-11(9)17(19)20)16-12(18)8-6-15-4-3-10(8)14/h1-6H,(H2,14,15)(H,16,18). The number of nitrogens with one attached hydrogen (secondary N) is 1. The van der Waals surface area contributed by atoms with Crippen molar-refractivity contribution in [3.05, 3.63) is 58.2 Å². The Balaban J connectivity index is 2.23. The van der Waals surface area contributed by atoms with E-state index in [1.807, 2.05) is 0 Å². The van der Waals surface area contributed by atoms with Crippen molar-refractivity contribution < 1.29 is 14.1 Å². The molecule has 8 heteroatoms. The molecule has 1 amide bonds. The highest BCUT2D eigenvalue weighted by Crippen LogP contribution is 2.21. The lowest BCUT2D eigenvalue weighted by atomic mass is 10.2. The van der Waals surface area contributed by atoms with Crippen LogP contribution in [0, 0.1) is 15.9 Å². The number of aromatic nitrogens is 1. The van der Waals surface area contributed by atoms with Gasteiger partial charge in [-0.2, -0.15) is 4.39 Å². The average molecular weight is 276 g/mol. The van der Waals surface area contributed by atoms with Gasteiger partial charge < -0.3 is 11.1 Å². The average Bonchev–Trinajstić information content (AvgIpc) is 2.38. The van der Waals surface area contributed by atoms with Gasteiger partial charge in [-0.1, -0.05) is 0 Å². The fourth-order valence-electron chi connectivity index (χ4n) is 1.53. The molecule has 0 saturated carbocycles. The van der Waals surface area contributed by atoms with Gasteiger partial charge in [0.25, 0.3) is 5.91 Å². The Morgan fingerprint density at radius 1 is 1.40 bits per heavy atom. The molecule has 0 aliphatic heterocycles. The Kier molecular flexibility index (Phi) is 3.56. The molecule has 20 heavy (non-hydrogen) atoms. The highest BCUT2D eigenvalue weighted by Gasteiger charge is 2.16. The molecule has 3 N–H and O–H groups in total. The van der Waals surface area contributed by atoms with Crippen molar-refractivity contribution in [1.82, 2.24) is 4.98 Å². The first-order valence-corrected chi connectivity index (χ1v) is 5.44. The van der Waals surface area contributed by atoms with Crippen molar-refractivity contribution >= 4 is 23.0 Å². The van der Waals surface area contributed by atoms with Gasteiger partial charge in [0.05, 0.1) is 10.5 Å². The number of rotatable bonds is 3. The summed E-state index contributed by atoms with van der Waals surface area (Å²) in [5.74, 6) is -1.61. The molecule has 1 aromatic carbocycles. The fraction of sp³-hybridized carbons (Fsp3) is 0. The number of nitrogen functional groups attached to an aromatic ring is 1. The molecule has 1 heterocycles. The number of nitro benzene ring substituents is 1. The zero-order valence-corrected chi connectivity index (χ0v) is 10.0. The van der Waals surface area contributed by atoms with Gasteiger partial charge in [0.2, 0.25) is 5.82 Å². The van der Waals surface area contributed by atoms with Gasteiger partial charge in [-0.05, 0) is 12.1 Å². The van der Waals surface area contributed by atoms with E-state index >= 15 is 0 Å². The number of nitrogens with zero attached hydrogens (tertiary/aromatic N) is 2. The Labute approximate surface area is 112 Å². The molecule has 0 spiro atoms. The predicted octanol–water partition coefficient (Wildman–Crippen LogP) is 1.96. The maximum absolute atomic E-state index is 13.4. The van der Waals surface area contributed by atoms with Crippen molar-refractivity contribution in [3.8, 4) is 0 Å². The molecule has 0 aliphatic carbocycles. The summed E-state index contributed by atoms with van der Waals surface area (Å²) < 4.78 is 13.4. The molecule has 0 saturated heterocycles. The van der Waals surface area contributed by atoms with E-state index in [0.717, 1.165) is 12.1 Å². The van der Waals surface area contributed by atoms with Crippen LogP contribution < -0.4 is 11.1 Å². The number of hydrogen-bond acceptors (Lipinski definition) is 5. The number of carbonyl (C=O) groups is 1. The van der Waals surface area contributed by atoms with Gasteiger partial charge in [0, 0.05) is 35.9 Å². The van der Waals surface area contributed by atoms with Crippen molar-refractivity contribution in [1.29, 1.82) is 0 Å². The number of anilines is 2. The number of hydrogen-bond donors (Lipinski definition) is 2. The van der Waals surface area contributed by atoms with E-state index < -0.39 is 22.3 Å². The fourth-order valence-corrected chi connectivity index (χ4v) is 1.53. The minimum Gasteiger partial charge on any atom is -0.398 e. The van der Waals surface area contributed by atoms with E-state index in [-0.39, 0.29) is 16.9 Å². The van der Waals surface area contributed by atoms with Crippen LogP contribution in [0.1, 0.15) is 10.4 Å². The van der Waals surface area contributed by atoms with Crippen LogP contribution in [0.4, 0.5) is 21.5 Å². The second kappa shape index (κ2) is 5.31. The molecule has 0 atom stereocenters. The lowest BCUT2D eigenvalue weighted by Crippen LogP contribution is -2.14. The number of nitro groups is 1. The SMILES string of the molecule is Nc1ccncc1C(=O)Nc1ccc([N+](=O)[O-])c(F)c1. The lowest BCUT2D eigenvalue weighted by Gasteiger charge is -2.07. The van der Waals surface area contributed by atoms with Crippen LogP contribution >= 0.6 is 0 Å². The van der Waals surface area contributed by atoms with Crippen LogP contribution in [0.5, 0.6) is 0 Å². The number of pyridine rings is 1. The normalized spacial score (nSPS) is 10.1. The van der Waals surface area contributed by atoms with Gasteiger partial charge in [0.15, 0.2) is 0 Å². The maximum atomic E-state index is 13.4. The summed E-state index contributed by atoms with van der Waals surface area (Å²) in [6.45, 7) is 0. The van der Waals surface area contributed by atoms with E-state index in [2.05, 4.69) is 10.3 Å². The van der Waals surface area contributed by atoms with Gasteiger partial charge in [-0.15, -0.1) is 0 Å². The molecule has 0 bridgehead atoms. The molecule has 0 fully saturated rings. The number of halogens is 1. The summed E-state index contributed by atoms with van der Waals surface area (Å²) >= 11 is 0. The topological polar surface area (TPSA) is 111 Å². The summed E-state index contributed by atoms with van der Waals surface area (Å²) in [6, 6.07) is 4.51. The molecule has 2 aromatic rings. The monoisotopic (exact) mass is 276 g/mol. The quantitative estimate of drug-likeness (QED) is 0.657. The van der Waals surface area contributed by atoms with Crippen molar-refractivity contribution in [3.63, 3.8) is 0 Å². The first-order chi connectivity index (χ1) is 9.49. The number of carbonyl (C=O) groups excluding carboxylic acids is 1. The van der Waals surface area contributed by atoms with E-state index in [9.17, 15) is 19.3 Å². The van der Waals surface area contributed by atoms with Gasteiger partial charge >= 0.3 is 5.69 Å². The zero-order valence-electron chi connectivity index (χ0n) is 10.0. The largest absolute Gasteiger partial charge is 0.398 e. The highest BCUT2D eigenvalue weighted by molar-refractivity contribution is 6.07. The van der Waals surface area contributed by atoms with Crippen LogP contribution in [0.3, 0.4) is 0 Å². The van der Waals surface area contributed by atoms with E-state index in [1.54, 1.807) is 0 Å². The van der Waals surface area contributed by atoms with Crippen molar-refractivity contribution in [2.75, 3.05) is 11.1 Å². The highest BCUT2D eigenvalue weighted by atomic mass is 19.1. The molecular formula is C12H9FN4O3. The first-order valence-electron chi connectivity index (χ1n) is 5.44. The van der Waals surface area contributed by atoms with Gasteiger partial charge in [-0.25, -0.2) is 0 Å². The molecule has 0 radical (unpaired) electrons. The first kappa shape index (κ1) is 13.4. The van der Waals surface area contributed by atoms with Crippen LogP contribution in [0.25, 0.3) is 0 Å². The summed E-state index contributed by atoms with van der Waals surface area (Å²) in [4.78, 5) is 25.3. The smallest absolute Gasteiger partial charge is 0.304 e. The minimum atomic E-state index is -1.04.